The van der Waals surface area contributed by atoms with Crippen molar-refractivity contribution >= 4 is 17.5 Å². The van der Waals surface area contributed by atoms with Crippen molar-refractivity contribution in [2.45, 2.75) is 13.5 Å². The Bertz CT molecular complexity index is 906. The van der Waals surface area contributed by atoms with Gasteiger partial charge in [0.1, 0.15) is 22.8 Å². The van der Waals surface area contributed by atoms with Crippen LogP contribution in [0.4, 0.5) is 4.39 Å². The van der Waals surface area contributed by atoms with Crippen LogP contribution in [0.25, 0.3) is 11.3 Å². The highest BCUT2D eigenvalue weighted by Crippen LogP contribution is 2.31. The fourth-order valence-electron chi connectivity index (χ4n) is 2.59. The molecule has 0 fully saturated rings. The summed E-state index contributed by atoms with van der Waals surface area (Å²) >= 11 is 6.23. The highest BCUT2D eigenvalue weighted by molar-refractivity contribution is 6.33. The number of carbonyl (C=O) groups is 1. The lowest BCUT2D eigenvalue weighted by atomic mass is 10.0. The van der Waals surface area contributed by atoms with Crippen LogP contribution < -0.4 is 0 Å². The van der Waals surface area contributed by atoms with Gasteiger partial charge in [0, 0.05) is 19.2 Å². The van der Waals surface area contributed by atoms with Gasteiger partial charge in [0.05, 0.1) is 5.02 Å². The number of aromatic nitrogens is 1. The molecular weight excluding hydrogens is 343 g/mol. The first kappa shape index (κ1) is 17.2. The average Bonchev–Trinajstić information content (AvgIpc) is 2.98. The van der Waals surface area contributed by atoms with Crippen molar-refractivity contribution in [2.75, 3.05) is 7.05 Å². The molecule has 0 aliphatic carbocycles. The molecule has 3 rings (SSSR count). The summed E-state index contributed by atoms with van der Waals surface area (Å²) in [7, 11) is 1.68. The standard InChI is InChI=1S/C19H16ClFN2O2/c1-12-17(18(22-25-12)15-5-3-4-6-16(15)20)19(24)23(2)11-13-7-9-14(21)10-8-13/h3-10H,11H2,1-2H3. The highest BCUT2D eigenvalue weighted by atomic mass is 35.5. The topological polar surface area (TPSA) is 46.3 Å². The van der Waals surface area contributed by atoms with Crippen molar-refractivity contribution in [1.82, 2.24) is 10.1 Å². The van der Waals surface area contributed by atoms with Crippen LogP contribution in [0.3, 0.4) is 0 Å². The predicted octanol–water partition coefficient (Wildman–Crippen LogP) is 4.71. The number of hydrogen-bond donors (Lipinski definition) is 0. The molecule has 0 N–H and O–H groups in total. The third-order valence-electron chi connectivity index (χ3n) is 3.89. The molecule has 2 aromatic carbocycles. The summed E-state index contributed by atoms with van der Waals surface area (Å²) < 4.78 is 18.3. The fourth-order valence-corrected chi connectivity index (χ4v) is 2.81. The molecule has 1 amide bonds. The lowest BCUT2D eigenvalue weighted by molar-refractivity contribution is 0.0784. The third kappa shape index (κ3) is 3.56. The molecular formula is C19H16ClFN2O2. The molecule has 0 aliphatic heterocycles. The van der Waals surface area contributed by atoms with Crippen LogP contribution >= 0.6 is 11.6 Å². The molecule has 0 saturated carbocycles. The maximum atomic E-state index is 13.0. The summed E-state index contributed by atoms with van der Waals surface area (Å²) in [4.78, 5) is 14.4. The van der Waals surface area contributed by atoms with E-state index in [1.54, 1.807) is 44.3 Å². The SMILES string of the molecule is Cc1onc(-c2ccccc2Cl)c1C(=O)N(C)Cc1ccc(F)cc1. The number of benzene rings is 2. The summed E-state index contributed by atoms with van der Waals surface area (Å²) in [6.45, 7) is 2.03. The van der Waals surface area contributed by atoms with E-state index in [2.05, 4.69) is 5.16 Å². The fraction of sp³-hybridized carbons (Fsp3) is 0.158. The molecule has 0 bridgehead atoms. The highest BCUT2D eigenvalue weighted by Gasteiger charge is 2.25. The Labute approximate surface area is 149 Å². The molecule has 0 unspecified atom stereocenters. The maximum absolute atomic E-state index is 13.0. The number of halogens is 2. The quantitative estimate of drug-likeness (QED) is 0.678. The molecule has 1 heterocycles. The molecule has 3 aromatic rings. The van der Waals surface area contributed by atoms with Crippen molar-refractivity contribution in [3.8, 4) is 11.3 Å². The molecule has 0 aliphatic rings. The van der Waals surface area contributed by atoms with Gasteiger partial charge in [-0.2, -0.15) is 0 Å². The Kier molecular flexibility index (Phi) is 4.86. The van der Waals surface area contributed by atoms with E-state index >= 15 is 0 Å². The zero-order valence-electron chi connectivity index (χ0n) is 13.8. The van der Waals surface area contributed by atoms with Gasteiger partial charge < -0.3 is 9.42 Å². The van der Waals surface area contributed by atoms with E-state index < -0.39 is 0 Å². The van der Waals surface area contributed by atoms with Gasteiger partial charge in [-0.15, -0.1) is 0 Å². The minimum atomic E-state index is -0.311. The van der Waals surface area contributed by atoms with Crippen molar-refractivity contribution in [2.24, 2.45) is 0 Å². The van der Waals surface area contributed by atoms with Crippen molar-refractivity contribution in [1.29, 1.82) is 0 Å². The number of nitrogens with zero attached hydrogens (tertiary/aromatic N) is 2. The van der Waals surface area contributed by atoms with Gasteiger partial charge in [-0.05, 0) is 30.7 Å². The van der Waals surface area contributed by atoms with E-state index in [1.165, 1.54) is 17.0 Å². The zero-order valence-corrected chi connectivity index (χ0v) is 14.5. The number of hydrogen-bond acceptors (Lipinski definition) is 3. The van der Waals surface area contributed by atoms with Gasteiger partial charge in [-0.3, -0.25) is 4.79 Å². The first-order chi connectivity index (χ1) is 12.0. The van der Waals surface area contributed by atoms with E-state index in [4.69, 9.17) is 16.1 Å². The lowest BCUT2D eigenvalue weighted by Crippen LogP contribution is -2.27. The normalized spacial score (nSPS) is 10.7. The molecule has 0 radical (unpaired) electrons. The first-order valence-corrected chi connectivity index (χ1v) is 8.06. The summed E-state index contributed by atoms with van der Waals surface area (Å²) in [6.07, 6.45) is 0. The number of rotatable bonds is 4. The average molecular weight is 359 g/mol. The molecule has 128 valence electrons. The van der Waals surface area contributed by atoms with Crippen molar-refractivity contribution < 1.29 is 13.7 Å². The van der Waals surface area contributed by atoms with Crippen molar-refractivity contribution in [3.05, 3.63) is 76.3 Å². The third-order valence-corrected chi connectivity index (χ3v) is 4.21. The van der Waals surface area contributed by atoms with Crippen LogP contribution in [0.15, 0.2) is 53.1 Å². The van der Waals surface area contributed by atoms with Gasteiger partial charge in [0.15, 0.2) is 0 Å². The Balaban J connectivity index is 1.91. The summed E-state index contributed by atoms with van der Waals surface area (Å²) in [5, 5.41) is 4.50. The van der Waals surface area contributed by atoms with Gasteiger partial charge in [-0.25, -0.2) is 4.39 Å². The van der Waals surface area contributed by atoms with Crippen LogP contribution in [0.2, 0.25) is 5.02 Å². The molecule has 4 nitrogen and oxygen atoms in total. The molecule has 6 heteroatoms. The number of carbonyl (C=O) groups excluding carboxylic acids is 1. The lowest BCUT2D eigenvalue weighted by Gasteiger charge is -2.17. The Morgan fingerprint density at radius 3 is 2.56 bits per heavy atom. The Morgan fingerprint density at radius 1 is 1.20 bits per heavy atom. The smallest absolute Gasteiger partial charge is 0.259 e. The van der Waals surface area contributed by atoms with E-state index in [0.29, 0.717) is 34.1 Å². The van der Waals surface area contributed by atoms with Gasteiger partial charge >= 0.3 is 0 Å². The van der Waals surface area contributed by atoms with Crippen LogP contribution in [-0.2, 0) is 6.54 Å². The van der Waals surface area contributed by atoms with Crippen LogP contribution in [0.1, 0.15) is 21.7 Å². The Hall–Kier alpha value is -2.66. The number of amides is 1. The summed E-state index contributed by atoms with van der Waals surface area (Å²) in [5.41, 5.74) is 2.25. The predicted molar refractivity (Wildman–Crippen MR) is 93.9 cm³/mol. The van der Waals surface area contributed by atoms with E-state index in [-0.39, 0.29) is 11.7 Å². The summed E-state index contributed by atoms with van der Waals surface area (Å²) in [6, 6.07) is 13.2. The molecule has 0 atom stereocenters. The number of aryl methyl sites for hydroxylation is 1. The first-order valence-electron chi connectivity index (χ1n) is 7.68. The largest absolute Gasteiger partial charge is 0.360 e. The molecule has 0 spiro atoms. The van der Waals surface area contributed by atoms with Crippen LogP contribution in [0, 0.1) is 12.7 Å². The minimum absolute atomic E-state index is 0.238. The second-order valence-electron chi connectivity index (χ2n) is 5.73. The van der Waals surface area contributed by atoms with Crippen molar-refractivity contribution in [3.63, 3.8) is 0 Å². The van der Waals surface area contributed by atoms with Crippen LogP contribution in [-0.4, -0.2) is 23.0 Å². The summed E-state index contributed by atoms with van der Waals surface area (Å²) in [5.74, 6) is -0.127. The van der Waals surface area contributed by atoms with Gasteiger partial charge in [0.2, 0.25) is 0 Å². The monoisotopic (exact) mass is 358 g/mol. The van der Waals surface area contributed by atoms with Gasteiger partial charge in [0.25, 0.3) is 5.91 Å². The van der Waals surface area contributed by atoms with E-state index in [9.17, 15) is 9.18 Å². The second-order valence-corrected chi connectivity index (χ2v) is 6.14. The molecule has 25 heavy (non-hydrogen) atoms. The molecule has 1 aromatic heterocycles. The van der Waals surface area contributed by atoms with Gasteiger partial charge in [-0.1, -0.05) is 47.1 Å². The Morgan fingerprint density at radius 2 is 1.88 bits per heavy atom. The zero-order chi connectivity index (χ0) is 18.0. The molecule has 0 saturated heterocycles. The van der Waals surface area contributed by atoms with E-state index in [0.717, 1.165) is 5.56 Å². The second kappa shape index (κ2) is 7.07. The van der Waals surface area contributed by atoms with Crippen LogP contribution in [0.5, 0.6) is 0 Å². The maximum Gasteiger partial charge on any atom is 0.259 e. The minimum Gasteiger partial charge on any atom is -0.360 e. The van der Waals surface area contributed by atoms with E-state index in [1.807, 2.05) is 6.07 Å².